The van der Waals surface area contributed by atoms with E-state index in [2.05, 4.69) is 35.9 Å². The Hall–Kier alpha value is -2.89. The predicted octanol–water partition coefficient (Wildman–Crippen LogP) is 2.96. The van der Waals surface area contributed by atoms with Crippen LogP contribution in [0, 0.1) is 0 Å². The van der Waals surface area contributed by atoms with E-state index in [1.165, 1.54) is 0 Å². The Bertz CT molecular complexity index is 1030. The standard InChI is InChI=1S/C18H14BN4O/c1-18(19-2)12-8-5-7-11-14(12)16-15(21-22-23(16)18)10-6-3-4-9-13(10)20-17(11)24/h3-9H,1-2H3,(H,20,24)/t18-/m0/s1. The minimum absolute atomic E-state index is 0.0990. The zero-order chi connectivity index (χ0) is 16.5. The number of fused-ring (bicyclic) bond motifs is 2. The Balaban J connectivity index is 1.98. The molecule has 0 saturated carbocycles. The van der Waals surface area contributed by atoms with Gasteiger partial charge in [-0.05, 0) is 24.6 Å². The molecule has 1 aromatic heterocycles. The number of carbonyl (C=O) groups excluding carboxylic acids is 1. The molecule has 3 aromatic rings. The van der Waals surface area contributed by atoms with Gasteiger partial charge in [0.1, 0.15) is 13.0 Å². The first-order valence-corrected chi connectivity index (χ1v) is 7.96. The van der Waals surface area contributed by atoms with E-state index >= 15 is 0 Å². The van der Waals surface area contributed by atoms with Crippen LogP contribution in [0.1, 0.15) is 22.8 Å². The molecule has 24 heavy (non-hydrogen) atoms. The molecule has 1 atom stereocenters. The molecule has 1 N–H and O–H groups in total. The van der Waals surface area contributed by atoms with Gasteiger partial charge in [-0.1, -0.05) is 42.4 Å². The predicted molar refractivity (Wildman–Crippen MR) is 93.2 cm³/mol. The van der Waals surface area contributed by atoms with Gasteiger partial charge in [0.05, 0.1) is 16.8 Å². The maximum atomic E-state index is 12.9. The Kier molecular flexibility index (Phi) is 2.45. The van der Waals surface area contributed by atoms with Crippen molar-refractivity contribution in [2.75, 3.05) is 5.32 Å². The van der Waals surface area contributed by atoms with Gasteiger partial charge < -0.3 is 5.32 Å². The van der Waals surface area contributed by atoms with E-state index in [0.29, 0.717) is 5.56 Å². The molecular formula is C18H14BN4O. The van der Waals surface area contributed by atoms with Crippen LogP contribution in [-0.2, 0) is 5.44 Å². The lowest BCUT2D eigenvalue weighted by Crippen LogP contribution is -2.34. The Morgan fingerprint density at radius 1 is 1.12 bits per heavy atom. The number of para-hydroxylation sites is 1. The SMILES string of the molecule is C[B][C@]1(C)c2cccc3c2-c2c(nnn21)-c1ccccc1NC3=O. The first kappa shape index (κ1) is 13.5. The van der Waals surface area contributed by atoms with Crippen molar-refractivity contribution in [1.82, 2.24) is 15.0 Å². The highest BCUT2D eigenvalue weighted by atomic mass is 16.1. The molecule has 1 amide bonds. The summed E-state index contributed by atoms with van der Waals surface area (Å²) in [4.78, 5) is 12.9. The summed E-state index contributed by atoms with van der Waals surface area (Å²) in [5, 5.41) is 11.9. The number of nitrogens with one attached hydrogen (secondary N) is 1. The second-order valence-corrected chi connectivity index (χ2v) is 6.36. The monoisotopic (exact) mass is 313 g/mol. The highest BCUT2D eigenvalue weighted by Crippen LogP contribution is 2.49. The van der Waals surface area contributed by atoms with Gasteiger partial charge in [0.2, 0.25) is 0 Å². The number of carbonyl (C=O) groups is 1. The van der Waals surface area contributed by atoms with Crippen LogP contribution in [0.5, 0.6) is 0 Å². The quantitative estimate of drug-likeness (QED) is 0.703. The van der Waals surface area contributed by atoms with Crippen LogP contribution in [0.15, 0.2) is 42.5 Å². The number of rotatable bonds is 1. The van der Waals surface area contributed by atoms with Crippen molar-refractivity contribution in [2.24, 2.45) is 0 Å². The summed E-state index contributed by atoms with van der Waals surface area (Å²) in [6.07, 6.45) is 0. The minimum Gasteiger partial charge on any atom is -0.321 e. The Morgan fingerprint density at radius 2 is 1.92 bits per heavy atom. The van der Waals surface area contributed by atoms with E-state index in [0.717, 1.165) is 33.8 Å². The average molecular weight is 313 g/mol. The molecule has 5 nitrogen and oxygen atoms in total. The van der Waals surface area contributed by atoms with Crippen molar-refractivity contribution in [3.63, 3.8) is 0 Å². The van der Waals surface area contributed by atoms with E-state index in [1.807, 2.05) is 47.9 Å². The molecule has 2 aliphatic rings. The van der Waals surface area contributed by atoms with Crippen molar-refractivity contribution in [3.8, 4) is 22.5 Å². The highest BCUT2D eigenvalue weighted by Gasteiger charge is 2.44. The molecule has 0 spiro atoms. The zero-order valence-electron chi connectivity index (χ0n) is 13.4. The van der Waals surface area contributed by atoms with Crippen LogP contribution in [-0.4, -0.2) is 28.2 Å². The van der Waals surface area contributed by atoms with Crippen molar-refractivity contribution in [2.45, 2.75) is 19.2 Å². The minimum atomic E-state index is -0.411. The van der Waals surface area contributed by atoms with Crippen LogP contribution in [0.2, 0.25) is 6.82 Å². The number of hydrogen-bond acceptors (Lipinski definition) is 3. The molecule has 2 aromatic carbocycles. The fourth-order valence-electron chi connectivity index (χ4n) is 3.81. The second kappa shape index (κ2) is 4.35. The average Bonchev–Trinajstić information content (AvgIpc) is 3.13. The maximum absolute atomic E-state index is 12.9. The molecular weight excluding hydrogens is 299 g/mol. The largest absolute Gasteiger partial charge is 0.321 e. The van der Waals surface area contributed by atoms with Gasteiger partial charge in [-0.15, -0.1) is 5.10 Å². The smallest absolute Gasteiger partial charge is 0.256 e. The van der Waals surface area contributed by atoms with Crippen LogP contribution < -0.4 is 5.32 Å². The molecule has 0 bridgehead atoms. The first-order chi connectivity index (χ1) is 11.6. The second-order valence-electron chi connectivity index (χ2n) is 6.36. The van der Waals surface area contributed by atoms with E-state index in [-0.39, 0.29) is 5.91 Å². The molecule has 3 heterocycles. The highest BCUT2D eigenvalue weighted by molar-refractivity contribution is 6.39. The summed E-state index contributed by atoms with van der Waals surface area (Å²) in [7, 11) is 2.10. The molecule has 115 valence electrons. The van der Waals surface area contributed by atoms with Gasteiger partial charge >= 0.3 is 0 Å². The van der Waals surface area contributed by atoms with Gasteiger partial charge in [-0.25, -0.2) is 4.68 Å². The third-order valence-electron chi connectivity index (χ3n) is 5.19. The molecule has 5 rings (SSSR count). The molecule has 2 aliphatic heterocycles. The summed E-state index contributed by atoms with van der Waals surface area (Å²) in [6.45, 7) is 4.12. The van der Waals surface area contributed by atoms with E-state index < -0.39 is 5.44 Å². The lowest BCUT2D eigenvalue weighted by molar-refractivity contribution is 0.102. The van der Waals surface area contributed by atoms with E-state index in [1.54, 1.807) is 0 Å². The molecule has 0 saturated heterocycles. The molecule has 0 fully saturated rings. The summed E-state index contributed by atoms with van der Waals surface area (Å²) in [5.74, 6) is -0.0990. The topological polar surface area (TPSA) is 59.8 Å². The number of anilines is 1. The molecule has 1 radical (unpaired) electrons. The van der Waals surface area contributed by atoms with Crippen molar-refractivity contribution in [1.29, 1.82) is 0 Å². The van der Waals surface area contributed by atoms with Crippen LogP contribution in [0.25, 0.3) is 22.5 Å². The fourth-order valence-corrected chi connectivity index (χ4v) is 3.81. The third-order valence-corrected chi connectivity index (χ3v) is 5.19. The van der Waals surface area contributed by atoms with Crippen LogP contribution in [0.4, 0.5) is 5.69 Å². The van der Waals surface area contributed by atoms with Crippen LogP contribution >= 0.6 is 0 Å². The lowest BCUT2D eigenvalue weighted by atomic mass is 9.58. The van der Waals surface area contributed by atoms with Crippen LogP contribution in [0.3, 0.4) is 0 Å². The van der Waals surface area contributed by atoms with Crippen molar-refractivity contribution >= 4 is 18.9 Å². The molecule has 0 aliphatic carbocycles. The van der Waals surface area contributed by atoms with E-state index in [9.17, 15) is 4.79 Å². The number of benzene rings is 2. The number of aromatic nitrogens is 3. The van der Waals surface area contributed by atoms with Gasteiger partial charge in [-0.2, -0.15) is 0 Å². The summed E-state index contributed by atoms with van der Waals surface area (Å²) < 4.78 is 1.94. The number of amides is 1. The summed E-state index contributed by atoms with van der Waals surface area (Å²) >= 11 is 0. The normalized spacial score (nSPS) is 19.8. The third kappa shape index (κ3) is 1.43. The Morgan fingerprint density at radius 3 is 2.75 bits per heavy atom. The summed E-state index contributed by atoms with van der Waals surface area (Å²) in [6, 6.07) is 13.6. The fraction of sp³-hybridized carbons (Fsp3) is 0.167. The maximum Gasteiger partial charge on any atom is 0.256 e. The molecule has 0 unspecified atom stereocenters. The lowest BCUT2D eigenvalue weighted by Gasteiger charge is -2.24. The van der Waals surface area contributed by atoms with Gasteiger partial charge in [0.25, 0.3) is 5.91 Å². The summed E-state index contributed by atoms with van der Waals surface area (Å²) in [5.41, 5.74) is 5.66. The zero-order valence-corrected chi connectivity index (χ0v) is 13.4. The van der Waals surface area contributed by atoms with Crippen molar-refractivity contribution in [3.05, 3.63) is 53.6 Å². The first-order valence-electron chi connectivity index (χ1n) is 7.96. The van der Waals surface area contributed by atoms with Gasteiger partial charge in [0, 0.05) is 16.7 Å². The molecule has 6 heteroatoms. The van der Waals surface area contributed by atoms with Crippen molar-refractivity contribution < 1.29 is 4.79 Å². The number of hydrogen-bond donors (Lipinski definition) is 1. The van der Waals surface area contributed by atoms with Gasteiger partial charge in [-0.3, -0.25) is 4.79 Å². The number of nitrogens with zero attached hydrogens (tertiary/aromatic N) is 3. The van der Waals surface area contributed by atoms with E-state index in [4.69, 9.17) is 0 Å². The van der Waals surface area contributed by atoms with Gasteiger partial charge in [0.15, 0.2) is 0 Å². The Labute approximate surface area is 139 Å².